The van der Waals surface area contributed by atoms with E-state index in [0.29, 0.717) is 23.4 Å². The second kappa shape index (κ2) is 8.90. The van der Waals surface area contributed by atoms with Crippen LogP contribution in [-0.2, 0) is 24.4 Å². The molecule has 0 atom stereocenters. The van der Waals surface area contributed by atoms with Gasteiger partial charge in [0.1, 0.15) is 11.5 Å². The third kappa shape index (κ3) is 5.01. The summed E-state index contributed by atoms with van der Waals surface area (Å²) in [6, 6.07) is 17.6. The van der Waals surface area contributed by atoms with E-state index < -0.39 is 0 Å². The summed E-state index contributed by atoms with van der Waals surface area (Å²) in [6.07, 6.45) is 1.56. The van der Waals surface area contributed by atoms with E-state index in [9.17, 15) is 14.7 Å². The number of hydrogen-bond acceptors (Lipinski definition) is 4. The summed E-state index contributed by atoms with van der Waals surface area (Å²) in [4.78, 5) is 25.8. The van der Waals surface area contributed by atoms with Crippen molar-refractivity contribution in [2.24, 2.45) is 0 Å². The lowest BCUT2D eigenvalue weighted by Gasteiger charge is -2.22. The number of carbonyl (C=O) groups excluding carboxylic acids is 2. The Bertz CT molecular complexity index is 933. The molecule has 6 nitrogen and oxygen atoms in total. The zero-order chi connectivity index (χ0) is 19.9. The van der Waals surface area contributed by atoms with Crippen molar-refractivity contribution in [3.8, 4) is 5.75 Å². The molecule has 0 aliphatic rings. The highest BCUT2D eigenvalue weighted by Crippen LogP contribution is 2.21. The Morgan fingerprint density at radius 2 is 1.75 bits per heavy atom. The maximum absolute atomic E-state index is 13.1. The van der Waals surface area contributed by atoms with Crippen LogP contribution >= 0.6 is 0 Å². The molecule has 0 aliphatic carbocycles. The molecule has 3 rings (SSSR count). The number of amides is 2. The highest BCUT2D eigenvalue weighted by Gasteiger charge is 2.19. The third-order valence-electron chi connectivity index (χ3n) is 4.31. The highest BCUT2D eigenvalue weighted by atomic mass is 16.3. The summed E-state index contributed by atoms with van der Waals surface area (Å²) in [6.45, 7) is 2.41. The van der Waals surface area contributed by atoms with Crippen LogP contribution in [0.3, 0.4) is 0 Å². The molecule has 144 valence electrons. The molecule has 3 aromatic rings. The van der Waals surface area contributed by atoms with Crippen LogP contribution in [0.5, 0.6) is 5.75 Å². The summed E-state index contributed by atoms with van der Waals surface area (Å²) in [7, 11) is 0. The Labute approximate surface area is 163 Å². The number of phenols is 1. The first-order valence-corrected chi connectivity index (χ1v) is 8.95. The molecule has 0 saturated carbocycles. The Morgan fingerprint density at radius 1 is 1.00 bits per heavy atom. The number of rotatable bonds is 7. The largest absolute Gasteiger partial charge is 0.508 e. The van der Waals surface area contributed by atoms with E-state index >= 15 is 0 Å². The number of para-hydroxylation sites is 1. The minimum absolute atomic E-state index is 0.104. The molecule has 0 saturated heterocycles. The summed E-state index contributed by atoms with van der Waals surface area (Å²) < 4.78 is 5.39. The number of aromatic hydroxyl groups is 1. The van der Waals surface area contributed by atoms with Gasteiger partial charge in [0, 0.05) is 24.6 Å². The molecular weight excluding hydrogens is 356 g/mol. The fourth-order valence-corrected chi connectivity index (χ4v) is 2.81. The zero-order valence-corrected chi connectivity index (χ0v) is 15.6. The number of furan rings is 1. The first-order chi connectivity index (χ1) is 13.5. The highest BCUT2D eigenvalue weighted by molar-refractivity contribution is 5.94. The van der Waals surface area contributed by atoms with Crippen molar-refractivity contribution >= 4 is 11.8 Å². The summed E-state index contributed by atoms with van der Waals surface area (Å²) in [5.74, 6) is 0.523. The number of nitrogens with one attached hydrogen (secondary N) is 1. The lowest BCUT2D eigenvalue weighted by molar-refractivity contribution is -0.119. The standard InChI is InChI=1S/C22H22N2O4/c1-16(25)23-13-17-8-10-18(11-9-17)22(27)24(15-20-6-4-12-28-20)14-19-5-2-3-7-21(19)26/h2-12,26H,13-15H2,1H3,(H,23,25). The van der Waals surface area contributed by atoms with E-state index in [1.54, 1.807) is 47.6 Å². The maximum atomic E-state index is 13.1. The van der Waals surface area contributed by atoms with Crippen LogP contribution in [0.2, 0.25) is 0 Å². The molecule has 0 radical (unpaired) electrons. The minimum atomic E-state index is -0.175. The molecule has 2 amide bonds. The van der Waals surface area contributed by atoms with E-state index in [1.165, 1.54) is 6.92 Å². The smallest absolute Gasteiger partial charge is 0.254 e. The average Bonchev–Trinajstić information content (AvgIpc) is 3.20. The van der Waals surface area contributed by atoms with Gasteiger partial charge in [0.05, 0.1) is 19.4 Å². The van der Waals surface area contributed by atoms with Crippen LogP contribution in [0, 0.1) is 0 Å². The van der Waals surface area contributed by atoms with Gasteiger partial charge in [-0.3, -0.25) is 9.59 Å². The fourth-order valence-electron chi connectivity index (χ4n) is 2.81. The summed E-state index contributed by atoms with van der Waals surface area (Å²) in [5, 5.41) is 12.8. The van der Waals surface area contributed by atoms with Crippen LogP contribution in [0.25, 0.3) is 0 Å². The van der Waals surface area contributed by atoms with Gasteiger partial charge in [-0.25, -0.2) is 0 Å². The fraction of sp³-hybridized carbons (Fsp3) is 0.182. The van der Waals surface area contributed by atoms with Gasteiger partial charge >= 0.3 is 0 Å². The Hall–Kier alpha value is -3.54. The van der Waals surface area contributed by atoms with Crippen LogP contribution in [-0.4, -0.2) is 21.8 Å². The second-order valence-corrected chi connectivity index (χ2v) is 6.48. The summed E-state index contributed by atoms with van der Waals surface area (Å²) in [5.41, 5.74) is 2.09. The predicted octanol–water partition coefficient (Wildman–Crippen LogP) is 3.46. The molecule has 0 aliphatic heterocycles. The van der Waals surface area contributed by atoms with Crippen molar-refractivity contribution in [1.29, 1.82) is 0 Å². The van der Waals surface area contributed by atoms with Crippen molar-refractivity contribution < 1.29 is 19.1 Å². The van der Waals surface area contributed by atoms with Crippen LogP contribution in [0.1, 0.15) is 34.2 Å². The van der Waals surface area contributed by atoms with E-state index in [2.05, 4.69) is 5.32 Å². The third-order valence-corrected chi connectivity index (χ3v) is 4.31. The summed E-state index contributed by atoms with van der Waals surface area (Å²) >= 11 is 0. The Morgan fingerprint density at radius 3 is 2.39 bits per heavy atom. The van der Waals surface area contributed by atoms with Gasteiger partial charge in [-0.15, -0.1) is 0 Å². The van der Waals surface area contributed by atoms with Crippen molar-refractivity contribution in [2.75, 3.05) is 0 Å². The SMILES string of the molecule is CC(=O)NCc1ccc(C(=O)N(Cc2ccco2)Cc2ccccc2O)cc1. The van der Waals surface area contributed by atoms with Gasteiger partial charge in [0.25, 0.3) is 5.91 Å². The molecule has 1 aromatic heterocycles. The normalized spacial score (nSPS) is 10.5. The van der Waals surface area contributed by atoms with Crippen molar-refractivity contribution in [1.82, 2.24) is 10.2 Å². The number of nitrogens with zero attached hydrogens (tertiary/aromatic N) is 1. The van der Waals surface area contributed by atoms with Crippen LogP contribution in [0.15, 0.2) is 71.3 Å². The molecule has 2 aromatic carbocycles. The van der Waals surface area contributed by atoms with E-state index in [4.69, 9.17) is 4.42 Å². The topological polar surface area (TPSA) is 82.8 Å². The molecular formula is C22H22N2O4. The zero-order valence-electron chi connectivity index (χ0n) is 15.6. The molecule has 0 spiro atoms. The number of carbonyl (C=O) groups is 2. The minimum Gasteiger partial charge on any atom is -0.508 e. The van der Waals surface area contributed by atoms with Crippen molar-refractivity contribution in [3.63, 3.8) is 0 Å². The number of hydrogen-bond donors (Lipinski definition) is 2. The maximum Gasteiger partial charge on any atom is 0.254 e. The molecule has 0 bridgehead atoms. The van der Waals surface area contributed by atoms with E-state index in [-0.39, 0.29) is 30.7 Å². The van der Waals surface area contributed by atoms with Gasteiger partial charge < -0.3 is 19.7 Å². The molecule has 0 fully saturated rings. The number of benzene rings is 2. The molecule has 28 heavy (non-hydrogen) atoms. The molecule has 1 heterocycles. The monoisotopic (exact) mass is 378 g/mol. The van der Waals surface area contributed by atoms with Gasteiger partial charge in [0.2, 0.25) is 5.91 Å². The van der Waals surface area contributed by atoms with Crippen LogP contribution in [0.4, 0.5) is 0 Å². The first-order valence-electron chi connectivity index (χ1n) is 8.95. The van der Waals surface area contributed by atoms with E-state index in [1.807, 2.05) is 24.3 Å². The van der Waals surface area contributed by atoms with Crippen LogP contribution < -0.4 is 5.32 Å². The molecule has 6 heteroatoms. The molecule has 0 unspecified atom stereocenters. The Kier molecular flexibility index (Phi) is 6.11. The van der Waals surface area contributed by atoms with Gasteiger partial charge in [-0.1, -0.05) is 30.3 Å². The predicted molar refractivity (Wildman–Crippen MR) is 104 cm³/mol. The quantitative estimate of drug-likeness (QED) is 0.660. The van der Waals surface area contributed by atoms with Gasteiger partial charge in [-0.05, 0) is 35.9 Å². The van der Waals surface area contributed by atoms with E-state index in [0.717, 1.165) is 5.56 Å². The van der Waals surface area contributed by atoms with Crippen molar-refractivity contribution in [2.45, 2.75) is 26.6 Å². The Balaban J connectivity index is 1.79. The average molecular weight is 378 g/mol. The molecule has 2 N–H and O–H groups in total. The lowest BCUT2D eigenvalue weighted by atomic mass is 10.1. The lowest BCUT2D eigenvalue weighted by Crippen LogP contribution is -2.30. The number of phenolic OH excluding ortho intramolecular Hbond substituents is 1. The van der Waals surface area contributed by atoms with Gasteiger partial charge in [0.15, 0.2) is 0 Å². The second-order valence-electron chi connectivity index (χ2n) is 6.48. The van der Waals surface area contributed by atoms with Gasteiger partial charge in [-0.2, -0.15) is 0 Å². The first kappa shape index (κ1) is 19.2. The van der Waals surface area contributed by atoms with Crippen molar-refractivity contribution in [3.05, 3.63) is 89.4 Å².